The first-order valence-electron chi connectivity index (χ1n) is 11.0. The van der Waals surface area contributed by atoms with Gasteiger partial charge < -0.3 is 5.32 Å². The van der Waals surface area contributed by atoms with Crippen molar-refractivity contribution < 1.29 is 0 Å². The second kappa shape index (κ2) is 8.41. The van der Waals surface area contributed by atoms with Gasteiger partial charge in [0, 0.05) is 17.0 Å². The number of hydrogen-bond acceptors (Lipinski definition) is 6. The predicted molar refractivity (Wildman–Crippen MR) is 133 cm³/mol. The van der Waals surface area contributed by atoms with Gasteiger partial charge in [0.25, 0.3) is 0 Å². The van der Waals surface area contributed by atoms with Gasteiger partial charge in [-0.2, -0.15) is 15.0 Å². The van der Waals surface area contributed by atoms with Gasteiger partial charge in [-0.05, 0) is 44.9 Å². The maximum Gasteiger partial charge on any atom is 0.156 e. The van der Waals surface area contributed by atoms with Gasteiger partial charge in [0.1, 0.15) is 23.3 Å². The molecule has 0 saturated heterocycles. The Morgan fingerprint density at radius 1 is 0.882 bits per heavy atom. The standard InChI is InChI=1S/C27H23N7/c1-16-8-10-20(11-9-16)23-13-24(31-19(4)30-23)32-27-21(14-28)15-29-34(27)25-12-18(3)22-7-5-6-17(2)26(22)33-25/h5-13,15H,1-4H3,(H,30,31,32). The minimum absolute atomic E-state index is 0.400. The molecule has 5 aromatic rings. The summed E-state index contributed by atoms with van der Waals surface area (Å²) in [6, 6.07) is 20.4. The molecule has 3 aromatic heterocycles. The quantitative estimate of drug-likeness (QED) is 0.380. The molecule has 2 aromatic carbocycles. The maximum atomic E-state index is 9.74. The van der Waals surface area contributed by atoms with E-state index < -0.39 is 0 Å². The SMILES string of the molecule is Cc1ccc(-c2cc(Nc3c(C#N)cnn3-c3cc(C)c4cccc(C)c4n3)nc(C)n2)cc1. The minimum Gasteiger partial charge on any atom is -0.324 e. The second-order valence-corrected chi connectivity index (χ2v) is 8.38. The highest BCUT2D eigenvalue weighted by molar-refractivity contribution is 5.85. The van der Waals surface area contributed by atoms with Crippen LogP contribution in [0.25, 0.3) is 28.0 Å². The lowest BCUT2D eigenvalue weighted by Crippen LogP contribution is -2.08. The van der Waals surface area contributed by atoms with Crippen LogP contribution in [-0.4, -0.2) is 24.7 Å². The Morgan fingerprint density at radius 2 is 1.68 bits per heavy atom. The van der Waals surface area contributed by atoms with Crippen LogP contribution in [-0.2, 0) is 0 Å². The fourth-order valence-corrected chi connectivity index (χ4v) is 4.00. The third kappa shape index (κ3) is 3.86. The molecule has 0 spiro atoms. The van der Waals surface area contributed by atoms with E-state index >= 15 is 0 Å². The summed E-state index contributed by atoms with van der Waals surface area (Å²) in [4.78, 5) is 14.0. The minimum atomic E-state index is 0.400. The van der Waals surface area contributed by atoms with E-state index in [-0.39, 0.29) is 0 Å². The summed E-state index contributed by atoms with van der Waals surface area (Å²) >= 11 is 0. The zero-order valence-corrected chi connectivity index (χ0v) is 19.5. The van der Waals surface area contributed by atoms with Gasteiger partial charge in [-0.25, -0.2) is 15.0 Å². The smallest absolute Gasteiger partial charge is 0.156 e. The second-order valence-electron chi connectivity index (χ2n) is 8.38. The Balaban J connectivity index is 1.60. The highest BCUT2D eigenvalue weighted by Crippen LogP contribution is 2.28. The number of para-hydroxylation sites is 1. The van der Waals surface area contributed by atoms with Crippen LogP contribution in [0.3, 0.4) is 0 Å². The number of hydrogen-bond donors (Lipinski definition) is 1. The molecule has 0 unspecified atom stereocenters. The average molecular weight is 446 g/mol. The van der Waals surface area contributed by atoms with Crippen molar-refractivity contribution in [2.24, 2.45) is 0 Å². The summed E-state index contributed by atoms with van der Waals surface area (Å²) in [7, 11) is 0. The molecule has 7 nitrogen and oxygen atoms in total. The van der Waals surface area contributed by atoms with Gasteiger partial charge in [0.05, 0.1) is 17.4 Å². The molecule has 0 aliphatic rings. The Morgan fingerprint density at radius 3 is 2.44 bits per heavy atom. The molecule has 0 amide bonds. The Bertz CT molecular complexity index is 1570. The van der Waals surface area contributed by atoms with Gasteiger partial charge in [-0.1, -0.05) is 48.0 Å². The molecule has 0 radical (unpaired) electrons. The Hall–Kier alpha value is -4.57. The van der Waals surface area contributed by atoms with Gasteiger partial charge >= 0.3 is 0 Å². The Kier molecular flexibility index (Phi) is 5.27. The van der Waals surface area contributed by atoms with Crippen molar-refractivity contribution in [3.05, 3.63) is 88.9 Å². The summed E-state index contributed by atoms with van der Waals surface area (Å²) in [5.41, 5.74) is 6.46. The highest BCUT2D eigenvalue weighted by atomic mass is 15.4. The number of aryl methyl sites for hydroxylation is 4. The third-order valence-electron chi connectivity index (χ3n) is 5.77. The van der Waals surface area contributed by atoms with Crippen LogP contribution in [0, 0.1) is 39.0 Å². The molecule has 0 bridgehead atoms. The van der Waals surface area contributed by atoms with E-state index in [9.17, 15) is 5.26 Å². The molecule has 7 heteroatoms. The van der Waals surface area contributed by atoms with Crippen LogP contribution in [0.2, 0.25) is 0 Å². The molecule has 0 aliphatic carbocycles. The molecule has 5 rings (SSSR count). The number of nitrogens with zero attached hydrogens (tertiary/aromatic N) is 6. The molecule has 34 heavy (non-hydrogen) atoms. The van der Waals surface area contributed by atoms with Gasteiger partial charge in [0.15, 0.2) is 11.6 Å². The number of benzene rings is 2. The van der Waals surface area contributed by atoms with Crippen LogP contribution < -0.4 is 5.32 Å². The number of rotatable bonds is 4. The number of nitriles is 1. The first kappa shape index (κ1) is 21.3. The summed E-state index contributed by atoms with van der Waals surface area (Å²) in [6.45, 7) is 7.99. The third-order valence-corrected chi connectivity index (χ3v) is 5.77. The monoisotopic (exact) mass is 445 g/mol. The van der Waals surface area contributed by atoms with Crippen molar-refractivity contribution in [2.45, 2.75) is 27.7 Å². The molecular formula is C27H23N7. The zero-order valence-electron chi connectivity index (χ0n) is 19.5. The summed E-state index contributed by atoms with van der Waals surface area (Å²) in [6.07, 6.45) is 1.54. The molecule has 0 aliphatic heterocycles. The average Bonchev–Trinajstić information content (AvgIpc) is 3.22. The van der Waals surface area contributed by atoms with Crippen molar-refractivity contribution in [1.29, 1.82) is 5.26 Å². The van der Waals surface area contributed by atoms with E-state index in [1.54, 1.807) is 4.68 Å². The van der Waals surface area contributed by atoms with E-state index in [2.05, 4.69) is 58.5 Å². The fourth-order valence-electron chi connectivity index (χ4n) is 4.00. The lowest BCUT2D eigenvalue weighted by Gasteiger charge is -2.13. The molecule has 0 saturated carbocycles. The predicted octanol–water partition coefficient (Wildman–Crippen LogP) is 5.73. The lowest BCUT2D eigenvalue weighted by atomic mass is 10.1. The number of aromatic nitrogens is 5. The fraction of sp³-hybridized carbons (Fsp3) is 0.148. The van der Waals surface area contributed by atoms with Crippen molar-refractivity contribution in [1.82, 2.24) is 24.7 Å². The summed E-state index contributed by atoms with van der Waals surface area (Å²) in [5, 5.41) is 18.6. The highest BCUT2D eigenvalue weighted by Gasteiger charge is 2.17. The van der Waals surface area contributed by atoms with Gasteiger partial charge in [0.2, 0.25) is 0 Å². The van der Waals surface area contributed by atoms with Crippen LogP contribution in [0.1, 0.15) is 28.1 Å². The van der Waals surface area contributed by atoms with Gasteiger partial charge in [-0.15, -0.1) is 0 Å². The topological polar surface area (TPSA) is 92.3 Å². The molecule has 166 valence electrons. The number of anilines is 2. The van der Waals surface area contributed by atoms with Crippen molar-refractivity contribution in [2.75, 3.05) is 5.32 Å². The van der Waals surface area contributed by atoms with E-state index in [1.807, 2.05) is 50.2 Å². The van der Waals surface area contributed by atoms with Gasteiger partial charge in [-0.3, -0.25) is 0 Å². The molecule has 3 heterocycles. The normalized spacial score (nSPS) is 10.9. The molecule has 0 atom stereocenters. The first-order valence-corrected chi connectivity index (χ1v) is 11.0. The summed E-state index contributed by atoms with van der Waals surface area (Å²) < 4.78 is 1.65. The lowest BCUT2D eigenvalue weighted by molar-refractivity contribution is 0.857. The van der Waals surface area contributed by atoms with Crippen molar-refractivity contribution >= 4 is 22.5 Å². The Labute approximate surface area is 197 Å². The van der Waals surface area contributed by atoms with E-state index in [1.165, 1.54) is 11.8 Å². The van der Waals surface area contributed by atoms with Crippen molar-refractivity contribution in [3.8, 4) is 23.1 Å². The molecule has 0 fully saturated rings. The van der Waals surface area contributed by atoms with Crippen LogP contribution in [0.4, 0.5) is 11.6 Å². The van der Waals surface area contributed by atoms with E-state index in [0.717, 1.165) is 33.3 Å². The number of pyridine rings is 1. The van der Waals surface area contributed by atoms with Crippen molar-refractivity contribution in [3.63, 3.8) is 0 Å². The number of fused-ring (bicyclic) bond motifs is 1. The van der Waals surface area contributed by atoms with Crippen LogP contribution >= 0.6 is 0 Å². The van der Waals surface area contributed by atoms with E-state index in [4.69, 9.17) is 4.98 Å². The molecule has 1 N–H and O–H groups in total. The maximum absolute atomic E-state index is 9.74. The van der Waals surface area contributed by atoms with Crippen LogP contribution in [0.5, 0.6) is 0 Å². The number of nitrogens with one attached hydrogen (secondary N) is 1. The summed E-state index contributed by atoms with van der Waals surface area (Å²) in [5.74, 6) is 2.35. The largest absolute Gasteiger partial charge is 0.324 e. The first-order chi connectivity index (χ1) is 16.4. The van der Waals surface area contributed by atoms with Crippen LogP contribution in [0.15, 0.2) is 60.8 Å². The zero-order chi connectivity index (χ0) is 23.8. The molecular weight excluding hydrogens is 422 g/mol. The van der Waals surface area contributed by atoms with E-state index in [0.29, 0.717) is 28.8 Å².